The van der Waals surface area contributed by atoms with Crippen LogP contribution in [-0.4, -0.2) is 16.3 Å². The van der Waals surface area contributed by atoms with Crippen LogP contribution in [0.1, 0.15) is 5.69 Å². The third kappa shape index (κ3) is 2.13. The first kappa shape index (κ1) is 12.2. The van der Waals surface area contributed by atoms with Gasteiger partial charge in [-0.2, -0.15) is 5.10 Å². The van der Waals surface area contributed by atoms with Crippen molar-refractivity contribution >= 4 is 40.7 Å². The van der Waals surface area contributed by atoms with E-state index in [2.05, 4.69) is 26.3 Å². The average molecular weight is 275 g/mol. The molecule has 1 aliphatic rings. The van der Waals surface area contributed by atoms with E-state index >= 15 is 0 Å². The summed E-state index contributed by atoms with van der Waals surface area (Å²) in [5, 5.41) is 7.46. The molecule has 0 radical (unpaired) electrons. The van der Waals surface area contributed by atoms with Crippen LogP contribution in [0.25, 0.3) is 0 Å². The zero-order valence-electron chi connectivity index (χ0n) is 6.29. The normalized spacial score (nSPS) is 14.1. The zero-order valence-corrected chi connectivity index (χ0v) is 9.51. The molecular weight excluding hydrogens is 265 g/mol. The molecule has 1 aromatic rings. The van der Waals surface area contributed by atoms with Crippen molar-refractivity contribution in [1.82, 2.24) is 15.1 Å². The lowest BCUT2D eigenvalue weighted by atomic mass is 10.3. The highest BCUT2D eigenvalue weighted by atomic mass is 79.9. The van der Waals surface area contributed by atoms with E-state index in [4.69, 9.17) is 0 Å². The fourth-order valence-electron chi connectivity index (χ4n) is 1.15. The quantitative estimate of drug-likeness (QED) is 0.779. The van der Waals surface area contributed by atoms with E-state index in [9.17, 15) is 0 Å². The molecule has 0 fully saturated rings. The van der Waals surface area contributed by atoms with Crippen LogP contribution in [0.4, 0.5) is 0 Å². The largest absolute Gasteiger partial charge is 0.309 e. The highest BCUT2D eigenvalue weighted by Gasteiger charge is 2.11. The number of hydrogen-bond acceptors (Lipinski definition) is 2. The maximum absolute atomic E-state index is 4.19. The van der Waals surface area contributed by atoms with E-state index in [-0.39, 0.29) is 24.8 Å². The first-order valence-corrected chi connectivity index (χ1v) is 4.08. The summed E-state index contributed by atoms with van der Waals surface area (Å²) in [6.07, 6.45) is 1.85. The average Bonchev–Trinajstić information content (AvgIpc) is 2.34. The molecule has 12 heavy (non-hydrogen) atoms. The van der Waals surface area contributed by atoms with Crippen LogP contribution in [-0.2, 0) is 13.1 Å². The fraction of sp³-hybridized carbons (Fsp3) is 0.500. The summed E-state index contributed by atoms with van der Waals surface area (Å²) in [4.78, 5) is 0. The summed E-state index contributed by atoms with van der Waals surface area (Å²) >= 11 is 3.43. The number of halogens is 3. The van der Waals surface area contributed by atoms with Gasteiger partial charge in [-0.3, -0.25) is 4.68 Å². The second kappa shape index (κ2) is 5.07. The predicted octanol–water partition coefficient (Wildman–Crippen LogP) is 1.59. The molecule has 0 unspecified atom stereocenters. The van der Waals surface area contributed by atoms with Crippen LogP contribution in [0.3, 0.4) is 0 Å². The monoisotopic (exact) mass is 273 g/mol. The Morgan fingerprint density at radius 2 is 2.25 bits per heavy atom. The molecule has 6 heteroatoms. The molecular formula is C6H10BrCl2N3. The van der Waals surface area contributed by atoms with Crippen molar-refractivity contribution in [3.05, 3.63) is 16.4 Å². The Bertz CT molecular complexity index is 251. The topological polar surface area (TPSA) is 29.9 Å². The minimum Gasteiger partial charge on any atom is -0.309 e. The van der Waals surface area contributed by atoms with Gasteiger partial charge >= 0.3 is 0 Å². The SMILES string of the molecule is Brc1cnn2c1CNCC2.Cl.Cl. The minimum absolute atomic E-state index is 0. The molecule has 1 N–H and O–H groups in total. The van der Waals surface area contributed by atoms with Gasteiger partial charge in [0.15, 0.2) is 0 Å². The highest BCUT2D eigenvalue weighted by Crippen LogP contribution is 2.16. The Hall–Kier alpha value is 0.230. The number of fused-ring (bicyclic) bond motifs is 1. The first-order chi connectivity index (χ1) is 4.88. The van der Waals surface area contributed by atoms with Crippen LogP contribution in [0.2, 0.25) is 0 Å². The van der Waals surface area contributed by atoms with Gasteiger partial charge in [-0.15, -0.1) is 24.8 Å². The molecule has 0 atom stereocenters. The summed E-state index contributed by atoms with van der Waals surface area (Å²) < 4.78 is 3.14. The van der Waals surface area contributed by atoms with Gasteiger partial charge in [0.2, 0.25) is 0 Å². The van der Waals surface area contributed by atoms with E-state index in [1.54, 1.807) is 0 Å². The Morgan fingerprint density at radius 1 is 1.50 bits per heavy atom. The van der Waals surface area contributed by atoms with Crippen molar-refractivity contribution in [2.24, 2.45) is 0 Å². The fourth-order valence-corrected chi connectivity index (χ4v) is 1.58. The molecule has 1 aliphatic heterocycles. The van der Waals surface area contributed by atoms with Crippen molar-refractivity contribution in [3.8, 4) is 0 Å². The van der Waals surface area contributed by atoms with E-state index in [1.807, 2.05) is 10.9 Å². The molecule has 2 heterocycles. The summed E-state index contributed by atoms with van der Waals surface area (Å²) in [6.45, 7) is 2.95. The van der Waals surface area contributed by atoms with Crippen molar-refractivity contribution in [2.75, 3.05) is 6.54 Å². The Morgan fingerprint density at radius 3 is 2.92 bits per heavy atom. The van der Waals surface area contributed by atoms with Crippen LogP contribution in [0.5, 0.6) is 0 Å². The van der Waals surface area contributed by atoms with Crippen molar-refractivity contribution in [3.63, 3.8) is 0 Å². The lowest BCUT2D eigenvalue weighted by Gasteiger charge is -2.14. The second-order valence-electron chi connectivity index (χ2n) is 2.34. The molecule has 70 valence electrons. The first-order valence-electron chi connectivity index (χ1n) is 3.29. The molecule has 0 saturated heterocycles. The van der Waals surface area contributed by atoms with Gasteiger partial charge in [-0.1, -0.05) is 0 Å². The van der Waals surface area contributed by atoms with Crippen LogP contribution >= 0.6 is 40.7 Å². The van der Waals surface area contributed by atoms with Crippen molar-refractivity contribution in [2.45, 2.75) is 13.1 Å². The molecule has 0 aliphatic carbocycles. The number of rotatable bonds is 0. The molecule has 1 aromatic heterocycles. The van der Waals surface area contributed by atoms with E-state index in [1.165, 1.54) is 5.69 Å². The molecule has 0 bridgehead atoms. The molecule has 0 amide bonds. The Labute approximate surface area is 91.9 Å². The summed E-state index contributed by atoms with van der Waals surface area (Å²) in [6, 6.07) is 0. The van der Waals surface area contributed by atoms with Gasteiger partial charge in [0, 0.05) is 13.1 Å². The lowest BCUT2D eigenvalue weighted by molar-refractivity contribution is 0.474. The van der Waals surface area contributed by atoms with Crippen LogP contribution < -0.4 is 5.32 Å². The smallest absolute Gasteiger partial charge is 0.0664 e. The van der Waals surface area contributed by atoms with Gasteiger partial charge < -0.3 is 5.32 Å². The second-order valence-corrected chi connectivity index (χ2v) is 3.19. The van der Waals surface area contributed by atoms with Crippen LogP contribution in [0.15, 0.2) is 10.7 Å². The number of nitrogens with one attached hydrogen (secondary N) is 1. The third-order valence-electron chi connectivity index (χ3n) is 1.69. The van der Waals surface area contributed by atoms with Gasteiger partial charge in [0.25, 0.3) is 0 Å². The van der Waals surface area contributed by atoms with Crippen molar-refractivity contribution in [1.29, 1.82) is 0 Å². The summed E-state index contributed by atoms with van der Waals surface area (Å²) in [5.41, 5.74) is 1.26. The van der Waals surface area contributed by atoms with Gasteiger partial charge in [-0.05, 0) is 15.9 Å². The maximum Gasteiger partial charge on any atom is 0.0664 e. The van der Waals surface area contributed by atoms with E-state index in [0.717, 1.165) is 24.1 Å². The van der Waals surface area contributed by atoms with Crippen molar-refractivity contribution < 1.29 is 0 Å². The number of hydrogen-bond donors (Lipinski definition) is 1. The molecule has 0 aromatic carbocycles. The summed E-state index contributed by atoms with van der Waals surface area (Å²) in [7, 11) is 0. The third-order valence-corrected chi connectivity index (χ3v) is 2.35. The van der Waals surface area contributed by atoms with E-state index in [0.29, 0.717) is 0 Å². The van der Waals surface area contributed by atoms with E-state index < -0.39 is 0 Å². The van der Waals surface area contributed by atoms with Gasteiger partial charge in [0.1, 0.15) is 0 Å². The summed E-state index contributed by atoms with van der Waals surface area (Å²) in [5.74, 6) is 0. The Kier molecular flexibility index (Phi) is 5.16. The zero-order chi connectivity index (χ0) is 6.97. The molecule has 0 saturated carbocycles. The predicted molar refractivity (Wildman–Crippen MR) is 56.1 cm³/mol. The Balaban J connectivity index is 0.000000605. The number of nitrogens with zero attached hydrogens (tertiary/aromatic N) is 2. The maximum atomic E-state index is 4.19. The van der Waals surface area contributed by atoms with Gasteiger partial charge in [-0.25, -0.2) is 0 Å². The number of aromatic nitrogens is 2. The highest BCUT2D eigenvalue weighted by molar-refractivity contribution is 9.10. The molecule has 3 nitrogen and oxygen atoms in total. The standard InChI is InChI=1S/C6H8BrN3.2ClH/c7-5-3-9-10-2-1-8-4-6(5)10;;/h3,8H,1-2,4H2;2*1H. The lowest BCUT2D eigenvalue weighted by Crippen LogP contribution is -2.28. The minimum atomic E-state index is 0. The molecule has 2 rings (SSSR count). The van der Waals surface area contributed by atoms with Gasteiger partial charge in [0.05, 0.1) is 22.9 Å². The molecule has 0 spiro atoms. The van der Waals surface area contributed by atoms with Crippen LogP contribution in [0, 0.1) is 0 Å².